The summed E-state index contributed by atoms with van der Waals surface area (Å²) < 4.78 is 0. The van der Waals surface area contributed by atoms with Crippen molar-refractivity contribution in [1.29, 1.82) is 0 Å². The first-order chi connectivity index (χ1) is 11.1. The number of carbonyl (C=O) groups is 2. The molecule has 2 amide bonds. The van der Waals surface area contributed by atoms with Crippen LogP contribution in [0, 0.1) is 0 Å². The zero-order valence-electron chi connectivity index (χ0n) is 12.3. The number of nitrogens with one attached hydrogen (secondary N) is 3. The number of hydrogen-bond donors (Lipinski definition) is 3. The molecule has 1 atom stereocenters. The van der Waals surface area contributed by atoms with Gasteiger partial charge < -0.3 is 15.6 Å². The highest BCUT2D eigenvalue weighted by Crippen LogP contribution is 2.32. The van der Waals surface area contributed by atoms with Crippen molar-refractivity contribution < 1.29 is 9.59 Å². The zero-order valence-corrected chi connectivity index (χ0v) is 12.3. The van der Waals surface area contributed by atoms with E-state index in [9.17, 15) is 14.4 Å². The zero-order chi connectivity index (χ0) is 16.0. The maximum absolute atomic E-state index is 12.5. The topological polar surface area (TPSA) is 91.1 Å². The van der Waals surface area contributed by atoms with Crippen molar-refractivity contribution in [3.63, 3.8) is 0 Å². The molecule has 1 aromatic heterocycles. The molecule has 0 fully saturated rings. The van der Waals surface area contributed by atoms with Crippen molar-refractivity contribution in [2.24, 2.45) is 0 Å². The molecule has 2 aromatic rings. The molecule has 6 nitrogen and oxygen atoms in total. The summed E-state index contributed by atoms with van der Waals surface area (Å²) in [5.74, 6) is -0.0173. The number of carbonyl (C=O) groups excluding carboxylic acids is 2. The second-order valence-corrected chi connectivity index (χ2v) is 5.84. The normalized spacial score (nSPS) is 21.0. The van der Waals surface area contributed by atoms with Crippen LogP contribution in [0.25, 0.3) is 10.9 Å². The van der Waals surface area contributed by atoms with Crippen LogP contribution in [0.15, 0.2) is 46.4 Å². The monoisotopic (exact) mass is 309 g/mol. The van der Waals surface area contributed by atoms with Crippen LogP contribution in [0.4, 0.5) is 4.79 Å². The fourth-order valence-electron chi connectivity index (χ4n) is 3.32. The summed E-state index contributed by atoms with van der Waals surface area (Å²) in [5, 5.41) is 6.28. The number of hydrogen-bond acceptors (Lipinski definition) is 3. The number of fused-ring (bicyclic) bond motifs is 1. The Morgan fingerprint density at radius 3 is 2.74 bits per heavy atom. The maximum atomic E-state index is 12.5. The summed E-state index contributed by atoms with van der Waals surface area (Å²) in [6.07, 6.45) is 1.81. The smallest absolute Gasteiger partial charge is 0.319 e. The SMILES string of the molecule is O=C1NC2=C(C(=O)CCC2)C(c2cc3ccccc3[nH]c2=O)N1. The lowest BCUT2D eigenvalue weighted by Crippen LogP contribution is -2.47. The molecule has 6 heteroatoms. The number of para-hydroxylation sites is 1. The lowest BCUT2D eigenvalue weighted by molar-refractivity contribution is -0.116. The number of allylic oxidation sites excluding steroid dienone is 1. The van der Waals surface area contributed by atoms with E-state index in [1.165, 1.54) is 0 Å². The van der Waals surface area contributed by atoms with Gasteiger partial charge in [-0.1, -0.05) is 18.2 Å². The Labute approximate surface area is 131 Å². The highest BCUT2D eigenvalue weighted by Gasteiger charge is 2.35. The Hall–Kier alpha value is -2.89. The summed E-state index contributed by atoms with van der Waals surface area (Å²) >= 11 is 0. The molecule has 2 heterocycles. The standard InChI is InChI=1S/C17H15N3O3/c21-13-7-3-6-12-14(13)15(20-17(23)19-12)10-8-9-4-1-2-5-11(9)18-16(10)22/h1-2,4-5,8,15H,3,6-7H2,(H,18,22)(H2,19,20,23). The van der Waals surface area contributed by atoms with Crippen molar-refractivity contribution in [2.75, 3.05) is 0 Å². The molecule has 1 aliphatic heterocycles. The largest absolute Gasteiger partial charge is 0.327 e. The van der Waals surface area contributed by atoms with E-state index in [-0.39, 0.29) is 17.4 Å². The van der Waals surface area contributed by atoms with Gasteiger partial charge in [-0.05, 0) is 30.4 Å². The number of urea groups is 1. The Kier molecular flexibility index (Phi) is 3.04. The van der Waals surface area contributed by atoms with Crippen LogP contribution in [0.5, 0.6) is 0 Å². The summed E-state index contributed by atoms with van der Waals surface area (Å²) in [6.45, 7) is 0. The predicted molar refractivity (Wildman–Crippen MR) is 84.9 cm³/mol. The Morgan fingerprint density at radius 2 is 1.87 bits per heavy atom. The van der Waals surface area contributed by atoms with Crippen LogP contribution in [0.3, 0.4) is 0 Å². The van der Waals surface area contributed by atoms with Crippen LogP contribution in [-0.2, 0) is 4.79 Å². The number of amides is 2. The second kappa shape index (κ2) is 5.08. The third-order valence-corrected chi connectivity index (χ3v) is 4.38. The number of rotatable bonds is 1. The first-order valence-corrected chi connectivity index (χ1v) is 7.59. The minimum absolute atomic E-state index is 0.0173. The number of H-pyrrole nitrogens is 1. The molecule has 4 rings (SSSR count). The van der Waals surface area contributed by atoms with Crippen molar-refractivity contribution in [3.8, 4) is 0 Å². The quantitative estimate of drug-likeness (QED) is 0.751. The van der Waals surface area contributed by atoms with E-state index in [0.717, 1.165) is 17.3 Å². The molecular weight excluding hydrogens is 294 g/mol. The van der Waals surface area contributed by atoms with Gasteiger partial charge in [0.05, 0.1) is 6.04 Å². The van der Waals surface area contributed by atoms with Gasteiger partial charge in [0, 0.05) is 28.8 Å². The third-order valence-electron chi connectivity index (χ3n) is 4.38. The third kappa shape index (κ3) is 2.23. The van der Waals surface area contributed by atoms with Gasteiger partial charge in [-0.2, -0.15) is 0 Å². The van der Waals surface area contributed by atoms with E-state index in [1.54, 1.807) is 6.07 Å². The van der Waals surface area contributed by atoms with Gasteiger partial charge in [0.1, 0.15) is 0 Å². The van der Waals surface area contributed by atoms with Crippen molar-refractivity contribution >= 4 is 22.7 Å². The number of ketones is 1. The van der Waals surface area contributed by atoms with Crippen molar-refractivity contribution in [2.45, 2.75) is 25.3 Å². The summed E-state index contributed by atoms with van der Waals surface area (Å²) in [6, 6.07) is 8.10. The van der Waals surface area contributed by atoms with Crippen LogP contribution >= 0.6 is 0 Å². The molecule has 1 unspecified atom stereocenters. The van der Waals surface area contributed by atoms with Gasteiger partial charge in [0.25, 0.3) is 5.56 Å². The minimum atomic E-state index is -0.695. The lowest BCUT2D eigenvalue weighted by atomic mass is 9.85. The first-order valence-electron chi connectivity index (χ1n) is 7.59. The molecular formula is C17H15N3O3. The van der Waals surface area contributed by atoms with Gasteiger partial charge in [-0.25, -0.2) is 4.79 Å². The Balaban J connectivity index is 1.91. The van der Waals surface area contributed by atoms with Crippen molar-refractivity contribution in [3.05, 3.63) is 57.5 Å². The number of Topliss-reactive ketones (excluding diaryl/α,β-unsaturated/α-hetero) is 1. The fraction of sp³-hybridized carbons (Fsp3) is 0.235. The molecule has 0 bridgehead atoms. The number of pyridine rings is 1. The van der Waals surface area contributed by atoms with E-state index >= 15 is 0 Å². The molecule has 116 valence electrons. The summed E-state index contributed by atoms with van der Waals surface area (Å²) in [4.78, 5) is 39.5. The number of aromatic nitrogens is 1. The number of aromatic amines is 1. The molecule has 0 spiro atoms. The van der Waals surface area contributed by atoms with E-state index in [0.29, 0.717) is 29.7 Å². The fourth-order valence-corrected chi connectivity index (χ4v) is 3.32. The highest BCUT2D eigenvalue weighted by atomic mass is 16.2. The van der Waals surface area contributed by atoms with Gasteiger partial charge in [0.15, 0.2) is 5.78 Å². The van der Waals surface area contributed by atoms with Gasteiger partial charge in [0.2, 0.25) is 0 Å². The molecule has 1 aliphatic carbocycles. The first kappa shape index (κ1) is 13.8. The summed E-state index contributed by atoms with van der Waals surface area (Å²) in [7, 11) is 0. The van der Waals surface area contributed by atoms with Crippen LogP contribution in [-0.4, -0.2) is 16.8 Å². The minimum Gasteiger partial charge on any atom is -0.327 e. The lowest BCUT2D eigenvalue weighted by Gasteiger charge is -2.31. The summed E-state index contributed by atoms with van der Waals surface area (Å²) in [5.41, 5.74) is 1.98. The molecule has 0 saturated carbocycles. The molecule has 0 radical (unpaired) electrons. The molecule has 23 heavy (non-hydrogen) atoms. The predicted octanol–water partition coefficient (Wildman–Crippen LogP) is 1.89. The Bertz CT molecular complexity index is 926. The maximum Gasteiger partial charge on any atom is 0.319 e. The molecule has 3 N–H and O–H groups in total. The van der Waals surface area contributed by atoms with E-state index < -0.39 is 6.04 Å². The van der Waals surface area contributed by atoms with E-state index in [2.05, 4.69) is 15.6 Å². The van der Waals surface area contributed by atoms with Crippen LogP contribution in [0.2, 0.25) is 0 Å². The number of benzene rings is 1. The van der Waals surface area contributed by atoms with Crippen molar-refractivity contribution in [1.82, 2.24) is 15.6 Å². The average molecular weight is 309 g/mol. The van der Waals surface area contributed by atoms with E-state index in [1.807, 2.05) is 24.3 Å². The van der Waals surface area contributed by atoms with E-state index in [4.69, 9.17) is 0 Å². The van der Waals surface area contributed by atoms with Crippen LogP contribution in [0.1, 0.15) is 30.9 Å². The van der Waals surface area contributed by atoms with Crippen LogP contribution < -0.4 is 16.2 Å². The average Bonchev–Trinajstić information content (AvgIpc) is 2.53. The second-order valence-electron chi connectivity index (χ2n) is 5.84. The highest BCUT2D eigenvalue weighted by molar-refractivity contribution is 6.01. The molecule has 0 saturated heterocycles. The van der Waals surface area contributed by atoms with Gasteiger partial charge in [-0.3, -0.25) is 9.59 Å². The molecule has 1 aromatic carbocycles. The Morgan fingerprint density at radius 1 is 1.04 bits per heavy atom. The van der Waals surface area contributed by atoms with Gasteiger partial charge in [-0.15, -0.1) is 0 Å². The van der Waals surface area contributed by atoms with Gasteiger partial charge >= 0.3 is 6.03 Å². The molecule has 2 aliphatic rings.